The molecule has 1 amide bonds. The first-order valence-electron chi connectivity index (χ1n) is 10.3. The molecule has 1 aromatic heterocycles. The average molecular weight is 444 g/mol. The maximum Gasteiger partial charge on any atom is 0.300 e. The molecule has 3 heterocycles. The molecule has 8 nitrogen and oxygen atoms in total. The maximum absolute atomic E-state index is 13.2. The van der Waals surface area contributed by atoms with Gasteiger partial charge in [-0.25, -0.2) is 0 Å². The predicted molar refractivity (Wildman–Crippen MR) is 119 cm³/mol. The second kappa shape index (κ2) is 8.31. The molecule has 166 valence electrons. The number of fused-ring (bicyclic) bond motifs is 1. The smallest absolute Gasteiger partial charge is 0.300 e. The van der Waals surface area contributed by atoms with E-state index in [0.29, 0.717) is 47.3 Å². The van der Waals surface area contributed by atoms with Crippen molar-refractivity contribution in [2.75, 3.05) is 25.2 Å². The van der Waals surface area contributed by atoms with Crippen LogP contribution in [0.2, 0.25) is 0 Å². The van der Waals surface area contributed by atoms with Crippen LogP contribution in [0.1, 0.15) is 17.2 Å². The van der Waals surface area contributed by atoms with E-state index in [0.717, 1.165) is 0 Å². The van der Waals surface area contributed by atoms with Gasteiger partial charge in [0.15, 0.2) is 11.5 Å². The summed E-state index contributed by atoms with van der Waals surface area (Å²) in [6, 6.07) is 14.3. The van der Waals surface area contributed by atoms with E-state index >= 15 is 0 Å². The molecule has 8 heteroatoms. The maximum atomic E-state index is 13.2. The second-order valence-corrected chi connectivity index (χ2v) is 7.52. The Morgan fingerprint density at radius 2 is 1.88 bits per heavy atom. The first kappa shape index (κ1) is 20.6. The van der Waals surface area contributed by atoms with Crippen molar-refractivity contribution in [3.05, 3.63) is 83.7 Å². The Morgan fingerprint density at radius 1 is 1.06 bits per heavy atom. The Morgan fingerprint density at radius 3 is 2.64 bits per heavy atom. The monoisotopic (exact) mass is 444 g/mol. The van der Waals surface area contributed by atoms with Gasteiger partial charge in [0.1, 0.15) is 24.7 Å². The number of amides is 1. The molecule has 2 aromatic carbocycles. The van der Waals surface area contributed by atoms with Crippen LogP contribution in [0.3, 0.4) is 0 Å². The molecular formula is C25H20N2O6. The molecule has 1 N–H and O–H groups in total. The van der Waals surface area contributed by atoms with Crippen LogP contribution < -0.4 is 19.1 Å². The standard InChI is InChI=1S/C25H20N2O6/c1-31-18-6-2-5-17(13-18)27-22(16-4-3-9-26-14-16)21(24(29)25(27)30)23(28)15-7-8-19-20(12-15)33-11-10-32-19/h2-9,12-14,22,28H,10-11H2,1H3/b23-21-. The zero-order valence-electron chi connectivity index (χ0n) is 17.7. The molecule has 3 aromatic rings. The molecule has 5 rings (SSSR count). The molecule has 0 bridgehead atoms. The van der Waals surface area contributed by atoms with Crippen molar-refractivity contribution in [1.82, 2.24) is 4.98 Å². The van der Waals surface area contributed by atoms with E-state index in [1.54, 1.807) is 67.0 Å². The number of carbonyl (C=O) groups excluding carboxylic acids is 2. The van der Waals surface area contributed by atoms with Crippen LogP contribution in [0.5, 0.6) is 17.2 Å². The molecule has 2 aliphatic heterocycles. The second-order valence-electron chi connectivity index (χ2n) is 7.52. The highest BCUT2D eigenvalue weighted by atomic mass is 16.6. The minimum atomic E-state index is -0.876. The third-order valence-electron chi connectivity index (χ3n) is 5.59. The fraction of sp³-hybridized carbons (Fsp3) is 0.160. The molecule has 0 spiro atoms. The summed E-state index contributed by atoms with van der Waals surface area (Å²) in [6.45, 7) is 0.818. The van der Waals surface area contributed by atoms with Gasteiger partial charge >= 0.3 is 0 Å². The number of pyridine rings is 1. The number of Topliss-reactive ketones (excluding diaryl/α,β-unsaturated/α-hetero) is 1. The van der Waals surface area contributed by atoms with Crippen LogP contribution in [-0.2, 0) is 9.59 Å². The average Bonchev–Trinajstić information content (AvgIpc) is 3.14. The fourth-order valence-corrected chi connectivity index (χ4v) is 4.06. The number of ketones is 1. The fourth-order valence-electron chi connectivity index (χ4n) is 4.06. The van der Waals surface area contributed by atoms with Crippen molar-refractivity contribution in [3.8, 4) is 17.2 Å². The summed E-state index contributed by atoms with van der Waals surface area (Å²) < 4.78 is 16.4. The molecule has 1 saturated heterocycles. The van der Waals surface area contributed by atoms with Gasteiger partial charge in [-0.05, 0) is 42.0 Å². The highest BCUT2D eigenvalue weighted by Gasteiger charge is 2.47. The number of aliphatic hydroxyl groups excluding tert-OH is 1. The number of methoxy groups -OCH3 is 1. The molecule has 1 unspecified atom stereocenters. The predicted octanol–water partition coefficient (Wildman–Crippen LogP) is 3.49. The van der Waals surface area contributed by atoms with Gasteiger partial charge in [0.05, 0.1) is 18.7 Å². The third kappa shape index (κ3) is 3.55. The van der Waals surface area contributed by atoms with E-state index in [1.807, 2.05) is 0 Å². The molecule has 1 atom stereocenters. The number of benzene rings is 2. The van der Waals surface area contributed by atoms with Crippen molar-refractivity contribution in [1.29, 1.82) is 0 Å². The number of aromatic nitrogens is 1. The Labute approximate surface area is 189 Å². The Bertz CT molecular complexity index is 1270. The Hall–Kier alpha value is -4.33. The zero-order chi connectivity index (χ0) is 22.9. The number of ether oxygens (including phenoxy) is 3. The van der Waals surface area contributed by atoms with E-state index < -0.39 is 17.7 Å². The summed E-state index contributed by atoms with van der Waals surface area (Å²) in [7, 11) is 1.52. The molecule has 2 aliphatic rings. The summed E-state index contributed by atoms with van der Waals surface area (Å²) in [5.41, 5.74) is 1.36. The number of nitrogens with zero attached hydrogens (tertiary/aromatic N) is 2. The van der Waals surface area contributed by atoms with Gasteiger partial charge in [0.2, 0.25) is 0 Å². The van der Waals surface area contributed by atoms with Crippen molar-refractivity contribution in [2.24, 2.45) is 0 Å². The van der Waals surface area contributed by atoms with Crippen LogP contribution in [0.25, 0.3) is 5.76 Å². The highest BCUT2D eigenvalue weighted by molar-refractivity contribution is 6.51. The Kier molecular flexibility index (Phi) is 5.18. The van der Waals surface area contributed by atoms with Gasteiger partial charge in [-0.1, -0.05) is 12.1 Å². The third-order valence-corrected chi connectivity index (χ3v) is 5.59. The normalized spacial score (nSPS) is 18.9. The summed E-state index contributed by atoms with van der Waals surface area (Å²) in [6.07, 6.45) is 3.17. The number of anilines is 1. The van der Waals surface area contributed by atoms with Crippen LogP contribution in [0, 0.1) is 0 Å². The number of hydrogen-bond acceptors (Lipinski definition) is 7. The zero-order valence-corrected chi connectivity index (χ0v) is 17.7. The molecular weight excluding hydrogens is 424 g/mol. The molecule has 0 saturated carbocycles. The lowest BCUT2D eigenvalue weighted by molar-refractivity contribution is -0.132. The molecule has 0 radical (unpaired) electrons. The largest absolute Gasteiger partial charge is 0.507 e. The quantitative estimate of drug-likeness (QED) is 0.374. The van der Waals surface area contributed by atoms with Gasteiger partial charge in [0.25, 0.3) is 11.7 Å². The van der Waals surface area contributed by atoms with E-state index in [9.17, 15) is 14.7 Å². The van der Waals surface area contributed by atoms with Crippen molar-refractivity contribution in [3.63, 3.8) is 0 Å². The van der Waals surface area contributed by atoms with Crippen molar-refractivity contribution in [2.45, 2.75) is 6.04 Å². The summed E-state index contributed by atoms with van der Waals surface area (Å²) in [5, 5.41) is 11.2. The summed E-state index contributed by atoms with van der Waals surface area (Å²) in [5.74, 6) is -0.297. The number of carbonyl (C=O) groups is 2. The first-order chi connectivity index (χ1) is 16.1. The van der Waals surface area contributed by atoms with Crippen molar-refractivity contribution < 1.29 is 28.9 Å². The summed E-state index contributed by atoms with van der Waals surface area (Å²) in [4.78, 5) is 31.9. The van der Waals surface area contributed by atoms with Crippen LogP contribution in [0.15, 0.2) is 72.6 Å². The van der Waals surface area contributed by atoms with E-state index in [4.69, 9.17) is 14.2 Å². The first-order valence-corrected chi connectivity index (χ1v) is 10.3. The lowest BCUT2D eigenvalue weighted by Crippen LogP contribution is -2.29. The molecule has 33 heavy (non-hydrogen) atoms. The number of rotatable bonds is 4. The van der Waals surface area contributed by atoms with Gasteiger partial charge in [-0.3, -0.25) is 19.5 Å². The van der Waals surface area contributed by atoms with Gasteiger partial charge in [-0.2, -0.15) is 0 Å². The van der Waals surface area contributed by atoms with Crippen LogP contribution in [-0.4, -0.2) is 42.1 Å². The van der Waals surface area contributed by atoms with Crippen LogP contribution >= 0.6 is 0 Å². The summed E-state index contributed by atoms with van der Waals surface area (Å²) >= 11 is 0. The number of hydrogen-bond donors (Lipinski definition) is 1. The van der Waals surface area contributed by atoms with E-state index in [-0.39, 0.29) is 11.3 Å². The topological polar surface area (TPSA) is 98.2 Å². The number of aliphatic hydroxyl groups is 1. The highest BCUT2D eigenvalue weighted by Crippen LogP contribution is 2.43. The van der Waals surface area contributed by atoms with Gasteiger partial charge < -0.3 is 19.3 Å². The minimum Gasteiger partial charge on any atom is -0.507 e. The van der Waals surface area contributed by atoms with Gasteiger partial charge in [0, 0.05) is 29.7 Å². The van der Waals surface area contributed by atoms with Crippen molar-refractivity contribution >= 4 is 23.1 Å². The lowest BCUT2D eigenvalue weighted by atomic mass is 9.96. The van der Waals surface area contributed by atoms with E-state index in [2.05, 4.69) is 4.98 Å². The molecule has 0 aliphatic carbocycles. The minimum absolute atomic E-state index is 0.0347. The van der Waals surface area contributed by atoms with E-state index in [1.165, 1.54) is 12.0 Å². The Balaban J connectivity index is 1.68. The molecule has 1 fully saturated rings. The SMILES string of the molecule is COc1cccc(N2C(=O)C(=O)/C(=C(\O)c3ccc4c(c3)OCCO4)C2c2cccnc2)c1. The van der Waals surface area contributed by atoms with Gasteiger partial charge in [-0.15, -0.1) is 0 Å². The van der Waals surface area contributed by atoms with Crippen LogP contribution in [0.4, 0.5) is 5.69 Å². The lowest BCUT2D eigenvalue weighted by Gasteiger charge is -2.25.